The van der Waals surface area contributed by atoms with Gasteiger partial charge in [0.25, 0.3) is 0 Å². The molecule has 0 N–H and O–H groups in total. The van der Waals surface area contributed by atoms with Crippen molar-refractivity contribution in [2.45, 2.75) is 0 Å². The van der Waals surface area contributed by atoms with Gasteiger partial charge in [-0.3, -0.25) is 0 Å². The zero-order chi connectivity index (χ0) is 7.40. The fraction of sp³-hybridized carbons (Fsp3) is 0.143. The molecule has 1 nitrogen and oxygen atoms in total. The van der Waals surface area contributed by atoms with Crippen LogP contribution in [-0.4, -0.2) is 11.3 Å². The van der Waals surface area contributed by atoms with E-state index in [2.05, 4.69) is 23.4 Å². The number of allylic oxidation sites excluding steroid dienone is 1. The molecule has 0 fully saturated rings. The van der Waals surface area contributed by atoms with Crippen LogP contribution >= 0.6 is 24.4 Å². The third-order valence-electron chi connectivity index (χ3n) is 0.971. The Labute approximate surface area is 70.0 Å². The van der Waals surface area contributed by atoms with E-state index in [1.165, 1.54) is 0 Å². The summed E-state index contributed by atoms with van der Waals surface area (Å²) in [5, 5.41) is 0.959. The number of thioether (sulfide) groups is 1. The minimum absolute atomic E-state index is 0.834. The zero-order valence-corrected chi connectivity index (χ0v) is 7.25. The Morgan fingerprint density at radius 2 is 2.40 bits per heavy atom. The molecule has 0 atom stereocenters. The molecule has 0 saturated heterocycles. The Morgan fingerprint density at radius 3 is 3.10 bits per heavy atom. The molecule has 52 valence electrons. The van der Waals surface area contributed by atoms with Crippen LogP contribution in [0.5, 0.6) is 0 Å². The number of hydrogen-bond acceptors (Lipinski definition) is 3. The fourth-order valence-electron chi connectivity index (χ4n) is 0.514. The van der Waals surface area contributed by atoms with Crippen LogP contribution in [0, 0.1) is 0 Å². The van der Waals surface area contributed by atoms with E-state index in [-0.39, 0.29) is 0 Å². The number of rotatable bonds is 0. The van der Waals surface area contributed by atoms with Gasteiger partial charge in [0.1, 0.15) is 5.04 Å². The number of thiol groups is 1. The first kappa shape index (κ1) is 7.73. The molecule has 0 saturated carbocycles. The van der Waals surface area contributed by atoms with E-state index in [4.69, 9.17) is 0 Å². The van der Waals surface area contributed by atoms with Crippen LogP contribution in [0.1, 0.15) is 0 Å². The van der Waals surface area contributed by atoms with Gasteiger partial charge in [-0.2, -0.15) is 0 Å². The van der Waals surface area contributed by atoms with Crippen LogP contribution < -0.4 is 0 Å². The second-order valence-corrected chi connectivity index (χ2v) is 3.02. The molecule has 0 unspecified atom stereocenters. The van der Waals surface area contributed by atoms with Crippen molar-refractivity contribution >= 4 is 29.4 Å². The number of hydrogen-bond donors (Lipinski definition) is 1. The minimum atomic E-state index is 0.834. The van der Waals surface area contributed by atoms with E-state index in [0.717, 1.165) is 9.95 Å². The first-order chi connectivity index (χ1) is 4.83. The average molecular weight is 169 g/mol. The minimum Gasteiger partial charge on any atom is -0.248 e. The molecule has 1 heterocycles. The van der Waals surface area contributed by atoms with Crippen molar-refractivity contribution in [2.24, 2.45) is 4.99 Å². The average Bonchev–Trinajstić information content (AvgIpc) is 2.14. The van der Waals surface area contributed by atoms with E-state index in [1.54, 1.807) is 24.0 Å². The van der Waals surface area contributed by atoms with Gasteiger partial charge in [-0.25, -0.2) is 4.99 Å². The fourth-order valence-corrected chi connectivity index (χ4v) is 0.991. The topological polar surface area (TPSA) is 12.4 Å². The van der Waals surface area contributed by atoms with Gasteiger partial charge in [-0.1, -0.05) is 0 Å². The highest BCUT2D eigenvalue weighted by Crippen LogP contribution is 2.08. The normalized spacial score (nSPS) is 16.2. The zero-order valence-electron chi connectivity index (χ0n) is 5.53. The molecule has 1 rings (SSSR count). The molecule has 0 bridgehead atoms. The van der Waals surface area contributed by atoms with Gasteiger partial charge in [-0.05, 0) is 12.3 Å². The van der Waals surface area contributed by atoms with Crippen molar-refractivity contribution < 1.29 is 0 Å². The summed E-state index contributed by atoms with van der Waals surface area (Å²) in [5.74, 6) is 0. The summed E-state index contributed by atoms with van der Waals surface area (Å²) in [7, 11) is 0. The van der Waals surface area contributed by atoms with Crippen molar-refractivity contribution in [2.75, 3.05) is 6.26 Å². The molecular formula is C7H7NS2. The van der Waals surface area contributed by atoms with Crippen LogP contribution in [0.2, 0.25) is 0 Å². The molecule has 10 heavy (non-hydrogen) atoms. The van der Waals surface area contributed by atoms with Gasteiger partial charge in [0, 0.05) is 17.2 Å². The summed E-state index contributed by atoms with van der Waals surface area (Å²) in [6, 6.07) is 0. The Bertz CT molecular complexity index is 244. The summed E-state index contributed by atoms with van der Waals surface area (Å²) in [6.07, 6.45) is 7.32. The smallest absolute Gasteiger partial charge is 0.103 e. The van der Waals surface area contributed by atoms with Gasteiger partial charge < -0.3 is 0 Å². The van der Waals surface area contributed by atoms with Gasteiger partial charge >= 0.3 is 0 Å². The molecule has 1 aliphatic heterocycles. The van der Waals surface area contributed by atoms with E-state index in [0.29, 0.717) is 0 Å². The Kier molecular flexibility index (Phi) is 2.87. The maximum atomic E-state index is 4.12. The van der Waals surface area contributed by atoms with Crippen LogP contribution in [0.4, 0.5) is 0 Å². The lowest BCUT2D eigenvalue weighted by molar-refractivity contribution is 1.59. The highest BCUT2D eigenvalue weighted by atomic mass is 32.2. The molecular weight excluding hydrogens is 162 g/mol. The summed E-state index contributed by atoms with van der Waals surface area (Å²) >= 11 is 5.71. The number of nitrogens with zero attached hydrogens (tertiary/aromatic N) is 1. The molecule has 0 aromatic heterocycles. The lowest BCUT2D eigenvalue weighted by atomic mass is 10.5. The monoisotopic (exact) mass is 169 g/mol. The van der Waals surface area contributed by atoms with E-state index < -0.39 is 0 Å². The van der Waals surface area contributed by atoms with Crippen LogP contribution in [-0.2, 0) is 0 Å². The van der Waals surface area contributed by atoms with Crippen LogP contribution in [0.15, 0.2) is 34.0 Å². The van der Waals surface area contributed by atoms with Gasteiger partial charge in [0.2, 0.25) is 0 Å². The predicted molar refractivity (Wildman–Crippen MR) is 50.7 cm³/mol. The molecule has 3 heteroatoms. The van der Waals surface area contributed by atoms with Gasteiger partial charge in [0.15, 0.2) is 0 Å². The van der Waals surface area contributed by atoms with Crippen molar-refractivity contribution in [1.82, 2.24) is 0 Å². The molecule has 0 aromatic carbocycles. The van der Waals surface area contributed by atoms with E-state index in [1.807, 2.05) is 12.3 Å². The Morgan fingerprint density at radius 1 is 1.60 bits per heavy atom. The summed E-state index contributed by atoms with van der Waals surface area (Å²) in [5.41, 5.74) is 2.95. The summed E-state index contributed by atoms with van der Waals surface area (Å²) in [4.78, 5) is 4.95. The highest BCUT2D eigenvalue weighted by Gasteiger charge is 1.90. The van der Waals surface area contributed by atoms with Crippen molar-refractivity contribution in [3.8, 4) is 0 Å². The first-order valence-electron chi connectivity index (χ1n) is 2.76. The van der Waals surface area contributed by atoms with Crippen molar-refractivity contribution in [3.63, 3.8) is 0 Å². The quantitative estimate of drug-likeness (QED) is 0.433. The second-order valence-electron chi connectivity index (χ2n) is 1.68. The predicted octanol–water partition coefficient (Wildman–Crippen LogP) is 2.24. The van der Waals surface area contributed by atoms with Crippen LogP contribution in [0.3, 0.4) is 0 Å². The maximum Gasteiger partial charge on any atom is 0.103 e. The molecule has 0 amide bonds. The lowest BCUT2D eigenvalue weighted by Crippen LogP contribution is -1.79. The molecule has 0 aliphatic carbocycles. The molecule has 0 aromatic rings. The largest absolute Gasteiger partial charge is 0.248 e. The van der Waals surface area contributed by atoms with Gasteiger partial charge in [-0.15, -0.1) is 30.1 Å². The first-order valence-corrected chi connectivity index (χ1v) is 4.43. The second kappa shape index (κ2) is 3.71. The van der Waals surface area contributed by atoms with Crippen molar-refractivity contribution in [1.29, 1.82) is 0 Å². The third-order valence-corrected chi connectivity index (χ3v) is 1.86. The highest BCUT2D eigenvalue weighted by molar-refractivity contribution is 8.13. The Balaban J connectivity index is 2.91. The van der Waals surface area contributed by atoms with E-state index >= 15 is 0 Å². The SMILES string of the molecule is CSC1=NC=C(S)C=C=C1. The lowest BCUT2D eigenvalue weighted by Gasteiger charge is -1.87. The molecule has 0 spiro atoms. The molecule has 0 radical (unpaired) electrons. The van der Waals surface area contributed by atoms with Crippen LogP contribution in [0.25, 0.3) is 0 Å². The maximum absolute atomic E-state index is 4.12. The third kappa shape index (κ3) is 2.10. The molecule has 1 aliphatic rings. The Hall–Kier alpha value is -0.370. The van der Waals surface area contributed by atoms with Gasteiger partial charge in [0.05, 0.1) is 0 Å². The van der Waals surface area contributed by atoms with E-state index in [9.17, 15) is 0 Å². The van der Waals surface area contributed by atoms with Crippen molar-refractivity contribution in [3.05, 3.63) is 29.0 Å². The summed E-state index contributed by atoms with van der Waals surface area (Å²) in [6.45, 7) is 0. The standard InChI is InChI=1S/C7H7NS2/c1-10-7-4-2-3-6(9)5-8-7/h3-5,9H,1H3. The summed E-state index contributed by atoms with van der Waals surface area (Å²) < 4.78 is 0. The number of aliphatic imine (C=N–C) groups is 1.